The number of amides is 5. The van der Waals surface area contributed by atoms with Crippen molar-refractivity contribution in [2.75, 3.05) is 6.54 Å². The monoisotopic (exact) mass is 665 g/mol. The molecule has 0 aromatic heterocycles. The number of carboxylic acids is 2. The highest BCUT2D eigenvalue weighted by Crippen LogP contribution is 2.06. The molecule has 0 heterocycles. The van der Waals surface area contributed by atoms with Crippen molar-refractivity contribution in [1.29, 1.82) is 0 Å². The predicted octanol–water partition coefficient (Wildman–Crippen LogP) is -0.552. The lowest BCUT2D eigenvalue weighted by molar-refractivity contribution is -0.301. The Kier molecular flexibility index (Phi) is 25.3. The van der Waals surface area contributed by atoms with Crippen molar-refractivity contribution in [2.45, 2.75) is 135 Å². The van der Waals surface area contributed by atoms with E-state index in [1.165, 1.54) is 12.6 Å². The summed E-state index contributed by atoms with van der Waals surface area (Å²) in [7, 11) is 0. The predicted molar refractivity (Wildman–Crippen MR) is 170 cm³/mol. The smallest absolute Gasteiger partial charge is 0.267 e. The number of unbranched alkanes of at least 4 members (excludes halogenated alkanes) is 11. The third kappa shape index (κ3) is 23.6. The second-order valence-corrected chi connectivity index (χ2v) is 11.0. The van der Waals surface area contributed by atoms with Gasteiger partial charge in [-0.05, 0) is 51.4 Å². The molecule has 0 bridgehead atoms. The van der Waals surface area contributed by atoms with Gasteiger partial charge in [0.25, 0.3) is 17.7 Å². The summed E-state index contributed by atoms with van der Waals surface area (Å²) in [5, 5.41) is 35.9. The molecule has 16 heteroatoms. The van der Waals surface area contributed by atoms with Crippen LogP contribution >= 0.6 is 0 Å². The average Bonchev–Trinajstić information content (AvgIpc) is 3.04. The van der Waals surface area contributed by atoms with Crippen molar-refractivity contribution in [3.8, 4) is 0 Å². The van der Waals surface area contributed by atoms with E-state index in [1.807, 2.05) is 5.32 Å². The maximum Gasteiger partial charge on any atom is 0.267 e. The first-order valence-electron chi connectivity index (χ1n) is 16.5. The number of hydrogen-bond acceptors (Lipinski definition) is 11. The van der Waals surface area contributed by atoms with Crippen LogP contribution < -0.4 is 37.0 Å². The molecule has 0 fully saturated rings. The SMILES string of the molecule is CCCCCCC/C=N/NC(=O)CC[C@H](NC(=O)[C@H](CCCCNC(=O)C(=O)[O-])NC(=O)C(=O)[O-])C(=O)N/N=C/CCCCCCC. The summed E-state index contributed by atoms with van der Waals surface area (Å²) >= 11 is 0. The van der Waals surface area contributed by atoms with Crippen molar-refractivity contribution in [3.05, 3.63) is 0 Å². The first kappa shape index (κ1) is 42.6. The Bertz CT molecular complexity index is 1050. The van der Waals surface area contributed by atoms with E-state index in [-0.39, 0.29) is 38.6 Å². The van der Waals surface area contributed by atoms with Crippen LogP contribution in [0.5, 0.6) is 0 Å². The molecule has 5 N–H and O–H groups in total. The van der Waals surface area contributed by atoms with Crippen molar-refractivity contribution in [3.63, 3.8) is 0 Å². The zero-order chi connectivity index (χ0) is 35.3. The molecular formula is C31H51N7O9-2. The van der Waals surface area contributed by atoms with E-state index in [4.69, 9.17) is 0 Å². The summed E-state index contributed by atoms with van der Waals surface area (Å²) < 4.78 is 0. The molecular weight excluding hydrogens is 614 g/mol. The topological polar surface area (TPSA) is 250 Å². The van der Waals surface area contributed by atoms with Gasteiger partial charge in [-0.2, -0.15) is 10.2 Å². The van der Waals surface area contributed by atoms with E-state index in [0.29, 0.717) is 12.8 Å². The second-order valence-electron chi connectivity index (χ2n) is 11.0. The van der Waals surface area contributed by atoms with E-state index in [0.717, 1.165) is 57.8 Å². The number of hydrazone groups is 2. The fraction of sp³-hybridized carbons (Fsp3) is 0.710. The molecule has 0 aliphatic rings. The molecule has 0 saturated carbocycles. The quantitative estimate of drug-likeness (QED) is 0.0343. The van der Waals surface area contributed by atoms with Crippen LogP contribution in [0.25, 0.3) is 0 Å². The van der Waals surface area contributed by atoms with Crippen LogP contribution in [0, 0.1) is 0 Å². The highest BCUT2D eigenvalue weighted by molar-refractivity contribution is 6.31. The van der Waals surface area contributed by atoms with Gasteiger partial charge in [0, 0.05) is 25.4 Å². The summed E-state index contributed by atoms with van der Waals surface area (Å²) in [6.45, 7) is 4.15. The largest absolute Gasteiger partial charge is 0.540 e. The molecule has 2 atom stereocenters. The van der Waals surface area contributed by atoms with E-state index in [2.05, 4.69) is 45.5 Å². The van der Waals surface area contributed by atoms with Gasteiger partial charge < -0.3 is 35.8 Å². The molecule has 5 amide bonds. The van der Waals surface area contributed by atoms with E-state index in [1.54, 1.807) is 6.21 Å². The third-order valence-corrected chi connectivity index (χ3v) is 6.91. The van der Waals surface area contributed by atoms with Gasteiger partial charge in [-0.3, -0.25) is 24.0 Å². The minimum Gasteiger partial charge on any atom is -0.540 e. The second kappa shape index (κ2) is 27.9. The molecule has 0 aliphatic heterocycles. The molecule has 0 aromatic rings. The average molecular weight is 666 g/mol. The van der Waals surface area contributed by atoms with Crippen molar-refractivity contribution in [1.82, 2.24) is 26.8 Å². The van der Waals surface area contributed by atoms with Crippen LogP contribution in [-0.2, 0) is 33.6 Å². The maximum atomic E-state index is 13.1. The normalized spacial score (nSPS) is 12.3. The molecule has 0 radical (unpaired) electrons. The molecule has 47 heavy (non-hydrogen) atoms. The number of nitrogens with one attached hydrogen (secondary N) is 5. The molecule has 0 rings (SSSR count). The molecule has 0 saturated heterocycles. The summed E-state index contributed by atoms with van der Waals surface area (Å²) in [4.78, 5) is 82.9. The number of carboxylic acid groups (broad SMARTS) is 2. The van der Waals surface area contributed by atoms with Gasteiger partial charge in [-0.15, -0.1) is 0 Å². The first-order valence-corrected chi connectivity index (χ1v) is 16.5. The highest BCUT2D eigenvalue weighted by atomic mass is 16.4. The molecule has 16 nitrogen and oxygen atoms in total. The van der Waals surface area contributed by atoms with Crippen molar-refractivity contribution >= 4 is 53.9 Å². The first-order chi connectivity index (χ1) is 22.5. The Morgan fingerprint density at radius 3 is 1.68 bits per heavy atom. The molecule has 0 unspecified atom stereocenters. The standard InChI is InChI=1S/C31H53N7O9/c1-3-5-7-9-11-14-21-33-37-25(39)19-18-24(27(41)38-34-22-15-12-10-8-6-4-2)35-26(40)23(36-29(43)31(46)47)17-13-16-20-32-28(42)30(44)45/h21-24H,3-20H2,1-2H3,(H,32,42)(H,35,40)(H,36,43)(H,37,39)(H,38,41)(H,44,45)(H,46,47)/p-2/b33-21+,34-22+/t23-,24-/m0/s1. The van der Waals surface area contributed by atoms with Crippen molar-refractivity contribution < 1.29 is 43.8 Å². The Hall–Kier alpha value is -4.37. The number of aliphatic carboxylic acids is 2. The van der Waals surface area contributed by atoms with Gasteiger partial charge in [0.05, 0.1) is 0 Å². The summed E-state index contributed by atoms with van der Waals surface area (Å²) in [5.41, 5.74) is 4.73. The Morgan fingerprint density at radius 1 is 0.596 bits per heavy atom. The van der Waals surface area contributed by atoms with Gasteiger partial charge in [0.2, 0.25) is 11.8 Å². The lowest BCUT2D eigenvalue weighted by atomic mass is 10.1. The zero-order valence-electron chi connectivity index (χ0n) is 27.6. The minimum atomic E-state index is -2.08. The zero-order valence-corrected chi connectivity index (χ0v) is 27.6. The summed E-state index contributed by atoms with van der Waals surface area (Å²) in [6.07, 6.45) is 14.9. The molecule has 0 spiro atoms. The van der Waals surface area contributed by atoms with E-state index in [9.17, 15) is 43.8 Å². The Labute approximate surface area is 276 Å². The summed E-state index contributed by atoms with van der Waals surface area (Å²) in [5.74, 6) is -9.05. The Morgan fingerprint density at radius 2 is 1.13 bits per heavy atom. The van der Waals surface area contributed by atoms with Gasteiger partial charge in [-0.25, -0.2) is 10.9 Å². The highest BCUT2D eigenvalue weighted by Gasteiger charge is 2.27. The number of nitrogens with zero attached hydrogens (tertiary/aromatic N) is 2. The molecule has 0 aromatic carbocycles. The van der Waals surface area contributed by atoms with Crippen LogP contribution in [0.15, 0.2) is 10.2 Å². The fourth-order valence-electron chi connectivity index (χ4n) is 4.22. The maximum absolute atomic E-state index is 13.1. The van der Waals surface area contributed by atoms with Crippen LogP contribution in [0.4, 0.5) is 0 Å². The summed E-state index contributed by atoms with van der Waals surface area (Å²) in [6, 6.07) is -2.72. The third-order valence-electron chi connectivity index (χ3n) is 6.91. The van der Waals surface area contributed by atoms with Gasteiger partial charge >= 0.3 is 0 Å². The lowest BCUT2D eigenvalue weighted by Gasteiger charge is -2.22. The molecule has 266 valence electrons. The molecule has 0 aliphatic carbocycles. The van der Waals surface area contributed by atoms with Gasteiger partial charge in [0.15, 0.2) is 0 Å². The van der Waals surface area contributed by atoms with Crippen molar-refractivity contribution in [2.24, 2.45) is 10.2 Å². The number of hydrogen-bond donors (Lipinski definition) is 5. The van der Waals surface area contributed by atoms with Gasteiger partial charge in [-0.1, -0.05) is 65.2 Å². The van der Waals surface area contributed by atoms with Crippen LogP contribution in [-0.4, -0.2) is 72.5 Å². The fourth-order valence-corrected chi connectivity index (χ4v) is 4.22. The lowest BCUT2D eigenvalue weighted by Crippen LogP contribution is -2.55. The van der Waals surface area contributed by atoms with Crippen LogP contribution in [0.3, 0.4) is 0 Å². The van der Waals surface area contributed by atoms with Gasteiger partial charge in [0.1, 0.15) is 24.0 Å². The van der Waals surface area contributed by atoms with Crippen LogP contribution in [0.1, 0.15) is 123 Å². The van der Waals surface area contributed by atoms with E-state index < -0.39 is 53.6 Å². The number of carbonyl (C=O) groups excluding carboxylic acids is 7. The Balaban J connectivity index is 5.34. The number of rotatable bonds is 26. The van der Waals surface area contributed by atoms with E-state index >= 15 is 0 Å². The minimum absolute atomic E-state index is 0.0896. The van der Waals surface area contributed by atoms with Crippen LogP contribution in [0.2, 0.25) is 0 Å². The number of carbonyl (C=O) groups is 7.